The summed E-state index contributed by atoms with van der Waals surface area (Å²) >= 11 is 0. The van der Waals surface area contributed by atoms with E-state index in [1.165, 1.54) is 20.4 Å². The highest BCUT2D eigenvalue weighted by molar-refractivity contribution is 5.95. The van der Waals surface area contributed by atoms with Gasteiger partial charge in [0.2, 0.25) is 0 Å². The molecule has 0 aromatic heterocycles. The molecule has 0 saturated carbocycles. The van der Waals surface area contributed by atoms with Gasteiger partial charge in [-0.3, -0.25) is 4.79 Å². The molecule has 3 aromatic rings. The molecule has 0 fully saturated rings. The third-order valence-corrected chi connectivity index (χ3v) is 6.71. The van der Waals surface area contributed by atoms with Crippen LogP contribution in [0.15, 0.2) is 77.0 Å². The molecule has 1 atom stereocenters. The van der Waals surface area contributed by atoms with Crippen molar-refractivity contribution in [2.24, 2.45) is 5.10 Å². The number of nitriles is 1. The summed E-state index contributed by atoms with van der Waals surface area (Å²) in [5.41, 5.74) is 5.72. The maximum atomic E-state index is 12.6. The largest absolute Gasteiger partial charge is 0.493 e. The van der Waals surface area contributed by atoms with Gasteiger partial charge in [0.15, 0.2) is 29.6 Å². The summed E-state index contributed by atoms with van der Waals surface area (Å²) in [7, 11) is 2.95. The molecule has 1 heterocycles. The smallest absolute Gasteiger partial charge is 0.338 e. The Morgan fingerprint density at radius 1 is 0.978 bits per heavy atom. The number of carbonyl (C=O) groups is 3. The van der Waals surface area contributed by atoms with E-state index < -0.39 is 23.9 Å². The molecule has 238 valence electrons. The van der Waals surface area contributed by atoms with Crippen molar-refractivity contribution in [1.82, 2.24) is 16.1 Å². The zero-order chi connectivity index (χ0) is 33.1. The number of hydrogen-bond acceptors (Lipinski definition) is 10. The lowest BCUT2D eigenvalue weighted by Gasteiger charge is -2.28. The van der Waals surface area contributed by atoms with E-state index in [1.54, 1.807) is 62.4 Å². The van der Waals surface area contributed by atoms with Crippen LogP contribution in [0.2, 0.25) is 0 Å². The van der Waals surface area contributed by atoms with Crippen molar-refractivity contribution in [2.45, 2.75) is 26.5 Å². The molecule has 3 aromatic carbocycles. The third-order valence-electron chi connectivity index (χ3n) is 6.71. The lowest BCUT2D eigenvalue weighted by atomic mass is 9.95. The maximum absolute atomic E-state index is 12.6. The standard InChI is InChI=1S/C33H33N5O8/c1-5-44-32(40)30-20(2)36-33(41)37-31(30)24-11-13-26(28(15-24)43-4)46-19-29(39)38-35-17-23-10-12-25(27(14-23)42-3)45-18-22-8-6-21(16-34)7-9-22/h6-15,17,31H,5,18-19H2,1-4H3,(H,38,39)(H2,36,37,41)/b35-17+/t31-/m0/s1. The molecule has 0 radical (unpaired) electrons. The van der Waals surface area contributed by atoms with Gasteiger partial charge in [0, 0.05) is 5.70 Å². The van der Waals surface area contributed by atoms with Crippen molar-refractivity contribution >= 4 is 24.1 Å². The Balaban J connectivity index is 1.34. The Hall–Kier alpha value is -6.03. The van der Waals surface area contributed by atoms with Gasteiger partial charge in [0.25, 0.3) is 5.91 Å². The van der Waals surface area contributed by atoms with Gasteiger partial charge >= 0.3 is 12.0 Å². The number of ether oxygens (including phenoxy) is 5. The van der Waals surface area contributed by atoms with E-state index in [-0.39, 0.29) is 30.3 Å². The number of carbonyl (C=O) groups excluding carboxylic acids is 3. The highest BCUT2D eigenvalue weighted by Gasteiger charge is 2.32. The first-order valence-corrected chi connectivity index (χ1v) is 14.1. The highest BCUT2D eigenvalue weighted by Crippen LogP contribution is 2.34. The summed E-state index contributed by atoms with van der Waals surface area (Å²) < 4.78 is 27.6. The summed E-state index contributed by atoms with van der Waals surface area (Å²) in [6, 6.07) is 18.0. The van der Waals surface area contributed by atoms with Crippen LogP contribution in [0.4, 0.5) is 4.79 Å². The fourth-order valence-electron chi connectivity index (χ4n) is 4.48. The van der Waals surface area contributed by atoms with E-state index in [0.29, 0.717) is 40.5 Å². The number of hydrogen-bond donors (Lipinski definition) is 3. The first-order chi connectivity index (χ1) is 22.3. The number of amides is 3. The highest BCUT2D eigenvalue weighted by atomic mass is 16.5. The second kappa shape index (κ2) is 15.6. The Morgan fingerprint density at radius 3 is 2.37 bits per heavy atom. The van der Waals surface area contributed by atoms with Crippen LogP contribution in [-0.4, -0.2) is 51.6 Å². The van der Waals surface area contributed by atoms with Gasteiger partial charge in [-0.1, -0.05) is 18.2 Å². The molecule has 1 aliphatic heterocycles. The molecule has 0 saturated heterocycles. The predicted molar refractivity (Wildman–Crippen MR) is 166 cm³/mol. The molecular formula is C33H33N5O8. The summed E-state index contributed by atoms with van der Waals surface area (Å²) in [6.07, 6.45) is 1.45. The number of nitrogens with one attached hydrogen (secondary N) is 3. The minimum atomic E-state index is -0.782. The topological polar surface area (TPSA) is 170 Å². The predicted octanol–water partition coefficient (Wildman–Crippen LogP) is 3.87. The minimum Gasteiger partial charge on any atom is -0.493 e. The zero-order valence-electron chi connectivity index (χ0n) is 25.7. The van der Waals surface area contributed by atoms with Gasteiger partial charge in [-0.05, 0) is 73.0 Å². The number of urea groups is 1. The third kappa shape index (κ3) is 8.32. The SMILES string of the molecule is CCOC(=O)C1=C(C)NC(=O)N[C@H]1c1ccc(OCC(=O)N/N=C/c2ccc(OCc3ccc(C#N)cc3)c(OC)c2)c(OC)c1. The van der Waals surface area contributed by atoms with Crippen molar-refractivity contribution in [3.63, 3.8) is 0 Å². The van der Waals surface area contributed by atoms with Crippen LogP contribution < -0.4 is 35.0 Å². The molecule has 0 bridgehead atoms. The number of nitrogens with zero attached hydrogens (tertiary/aromatic N) is 2. The fourth-order valence-corrected chi connectivity index (χ4v) is 4.48. The van der Waals surface area contributed by atoms with Gasteiger partial charge in [0.1, 0.15) is 6.61 Å². The van der Waals surface area contributed by atoms with Crippen molar-refractivity contribution < 1.29 is 38.1 Å². The number of allylic oxidation sites excluding steroid dienone is 1. The van der Waals surface area contributed by atoms with E-state index in [4.69, 9.17) is 28.9 Å². The molecule has 0 unspecified atom stereocenters. The van der Waals surface area contributed by atoms with Crippen LogP contribution >= 0.6 is 0 Å². The number of methoxy groups -OCH3 is 2. The normalized spacial score (nSPS) is 14.1. The van der Waals surface area contributed by atoms with E-state index in [9.17, 15) is 14.4 Å². The molecule has 4 rings (SSSR count). The second-order valence-electron chi connectivity index (χ2n) is 9.79. The average molecular weight is 628 g/mol. The molecule has 0 spiro atoms. The molecular weight excluding hydrogens is 594 g/mol. The van der Waals surface area contributed by atoms with Crippen molar-refractivity contribution in [1.29, 1.82) is 5.26 Å². The molecule has 13 nitrogen and oxygen atoms in total. The van der Waals surface area contributed by atoms with E-state index in [0.717, 1.165) is 5.56 Å². The molecule has 13 heteroatoms. The summed E-state index contributed by atoms with van der Waals surface area (Å²) in [4.78, 5) is 37.2. The fraction of sp³-hybridized carbons (Fsp3) is 0.242. The minimum absolute atomic E-state index is 0.177. The van der Waals surface area contributed by atoms with E-state index in [1.807, 2.05) is 12.1 Å². The van der Waals surface area contributed by atoms with Crippen molar-refractivity contribution in [2.75, 3.05) is 27.4 Å². The van der Waals surface area contributed by atoms with E-state index in [2.05, 4.69) is 27.2 Å². The molecule has 3 amide bonds. The summed E-state index contributed by atoms with van der Waals surface area (Å²) in [6.45, 7) is 3.42. The Morgan fingerprint density at radius 2 is 1.67 bits per heavy atom. The molecule has 46 heavy (non-hydrogen) atoms. The van der Waals surface area contributed by atoms with Gasteiger partial charge in [-0.15, -0.1) is 0 Å². The van der Waals surface area contributed by atoms with Gasteiger partial charge in [-0.25, -0.2) is 15.0 Å². The van der Waals surface area contributed by atoms with Crippen LogP contribution in [-0.2, 0) is 20.9 Å². The van der Waals surface area contributed by atoms with Crippen LogP contribution in [0.3, 0.4) is 0 Å². The van der Waals surface area contributed by atoms with Crippen LogP contribution in [0.25, 0.3) is 0 Å². The zero-order valence-corrected chi connectivity index (χ0v) is 25.7. The average Bonchev–Trinajstić information content (AvgIpc) is 3.06. The molecule has 3 N–H and O–H groups in total. The van der Waals surface area contributed by atoms with E-state index >= 15 is 0 Å². The monoisotopic (exact) mass is 627 g/mol. The van der Waals surface area contributed by atoms with Gasteiger partial charge < -0.3 is 34.3 Å². The lowest BCUT2D eigenvalue weighted by molar-refractivity contribution is -0.139. The molecule has 1 aliphatic rings. The lowest BCUT2D eigenvalue weighted by Crippen LogP contribution is -2.45. The molecule has 0 aliphatic carbocycles. The van der Waals surface area contributed by atoms with Crippen LogP contribution in [0.5, 0.6) is 23.0 Å². The quantitative estimate of drug-likeness (QED) is 0.145. The first-order valence-electron chi connectivity index (χ1n) is 14.1. The number of hydrazone groups is 1. The number of esters is 1. The van der Waals surface area contributed by atoms with Gasteiger partial charge in [-0.2, -0.15) is 10.4 Å². The Kier molecular flexibility index (Phi) is 11.2. The number of rotatable bonds is 13. The van der Waals surface area contributed by atoms with Crippen molar-refractivity contribution in [3.8, 4) is 29.1 Å². The van der Waals surface area contributed by atoms with Crippen LogP contribution in [0.1, 0.15) is 42.1 Å². The summed E-state index contributed by atoms with van der Waals surface area (Å²) in [5, 5.41) is 18.2. The first kappa shape index (κ1) is 32.9. The Labute approximate surface area is 265 Å². The summed E-state index contributed by atoms with van der Waals surface area (Å²) in [5.74, 6) is 0.474. The van der Waals surface area contributed by atoms with Gasteiger partial charge in [0.05, 0.1) is 50.3 Å². The number of benzene rings is 3. The maximum Gasteiger partial charge on any atom is 0.338 e. The Bertz CT molecular complexity index is 1700. The van der Waals surface area contributed by atoms with Crippen LogP contribution in [0, 0.1) is 11.3 Å². The van der Waals surface area contributed by atoms with Crippen molar-refractivity contribution in [3.05, 3.63) is 94.2 Å². The second-order valence-corrected chi connectivity index (χ2v) is 9.79.